The Morgan fingerprint density at radius 2 is 2.50 bits per heavy atom. The Morgan fingerprint density at radius 1 is 1.75 bits per heavy atom. The summed E-state index contributed by atoms with van der Waals surface area (Å²) < 4.78 is 12.1. The van der Waals surface area contributed by atoms with Gasteiger partial charge in [-0.05, 0) is 12.8 Å². The van der Waals surface area contributed by atoms with Gasteiger partial charge in [0, 0.05) is 6.42 Å². The zero-order valence-corrected chi connectivity index (χ0v) is 4.60. The summed E-state index contributed by atoms with van der Waals surface area (Å²) in [5.74, 6) is -0.0738. The molecule has 46 valence electrons. The van der Waals surface area contributed by atoms with E-state index in [1.165, 1.54) is 6.08 Å². The first kappa shape index (κ1) is 5.76. The monoisotopic (exact) mass is 116 g/mol. The Hall–Kier alpha value is -0.370. The van der Waals surface area contributed by atoms with Crippen molar-refractivity contribution in [2.75, 3.05) is 0 Å². The molecule has 1 atom stereocenters. The number of halogens is 1. The van der Waals surface area contributed by atoms with Crippen LogP contribution in [-0.2, 0) is 0 Å². The molecule has 0 aromatic heterocycles. The van der Waals surface area contributed by atoms with E-state index in [9.17, 15) is 4.39 Å². The van der Waals surface area contributed by atoms with Crippen molar-refractivity contribution < 1.29 is 9.50 Å². The molecule has 0 heterocycles. The Morgan fingerprint density at radius 3 is 2.88 bits per heavy atom. The van der Waals surface area contributed by atoms with Crippen molar-refractivity contribution in [1.82, 2.24) is 0 Å². The van der Waals surface area contributed by atoms with Crippen LogP contribution in [0.1, 0.15) is 19.3 Å². The molecule has 0 unspecified atom stereocenters. The highest BCUT2D eigenvalue weighted by Gasteiger charge is 2.09. The third kappa shape index (κ3) is 1.30. The van der Waals surface area contributed by atoms with Crippen LogP contribution in [0.5, 0.6) is 0 Å². The lowest BCUT2D eigenvalue weighted by Gasteiger charge is -2.11. The van der Waals surface area contributed by atoms with Crippen LogP contribution >= 0.6 is 0 Å². The molecule has 1 N–H and O–H groups in total. The van der Waals surface area contributed by atoms with Gasteiger partial charge in [-0.3, -0.25) is 0 Å². The fraction of sp³-hybridized carbons (Fsp3) is 0.667. The Bertz CT molecular complexity index is 109. The van der Waals surface area contributed by atoms with Crippen molar-refractivity contribution in [3.63, 3.8) is 0 Å². The van der Waals surface area contributed by atoms with E-state index in [0.717, 1.165) is 0 Å². The molecule has 0 spiro atoms. The van der Waals surface area contributed by atoms with Gasteiger partial charge in [-0.15, -0.1) is 0 Å². The van der Waals surface area contributed by atoms with Crippen LogP contribution in [0.15, 0.2) is 11.9 Å². The van der Waals surface area contributed by atoms with Gasteiger partial charge in [0.1, 0.15) is 0 Å². The molecule has 0 fully saturated rings. The van der Waals surface area contributed by atoms with Crippen molar-refractivity contribution in [1.29, 1.82) is 0 Å². The van der Waals surface area contributed by atoms with E-state index in [1.807, 2.05) is 0 Å². The highest BCUT2D eigenvalue weighted by molar-refractivity contribution is 4.97. The molecular weight excluding hydrogens is 107 g/mol. The molecule has 1 aliphatic carbocycles. The third-order valence-corrected chi connectivity index (χ3v) is 1.33. The molecule has 1 rings (SSSR count). The van der Waals surface area contributed by atoms with E-state index in [0.29, 0.717) is 19.3 Å². The summed E-state index contributed by atoms with van der Waals surface area (Å²) in [5.41, 5.74) is 0. The van der Waals surface area contributed by atoms with Crippen LogP contribution in [0, 0.1) is 0 Å². The zero-order chi connectivity index (χ0) is 5.98. The minimum Gasteiger partial charge on any atom is -0.393 e. The van der Waals surface area contributed by atoms with Crippen molar-refractivity contribution >= 4 is 0 Å². The summed E-state index contributed by atoms with van der Waals surface area (Å²) in [6.45, 7) is 0. The zero-order valence-electron chi connectivity index (χ0n) is 4.60. The van der Waals surface area contributed by atoms with Gasteiger partial charge < -0.3 is 5.11 Å². The molecule has 0 aromatic rings. The van der Waals surface area contributed by atoms with Crippen LogP contribution < -0.4 is 0 Å². The summed E-state index contributed by atoms with van der Waals surface area (Å²) in [5, 5.41) is 8.82. The predicted octanol–water partition coefficient (Wildman–Crippen LogP) is 1.38. The molecule has 0 saturated heterocycles. The van der Waals surface area contributed by atoms with Crippen LogP contribution in [0.2, 0.25) is 0 Å². The standard InChI is InChI=1S/C6H9FO/c7-5-1-3-6(8)4-2-5/h1,6,8H,2-4H2/t6-/m1/s1. The molecular formula is C6H9FO. The van der Waals surface area contributed by atoms with Gasteiger partial charge in [0.15, 0.2) is 0 Å². The molecule has 0 saturated carbocycles. The van der Waals surface area contributed by atoms with Crippen molar-refractivity contribution in [2.24, 2.45) is 0 Å². The second-order valence-electron chi connectivity index (χ2n) is 2.08. The Balaban J connectivity index is 2.42. The maximum absolute atomic E-state index is 12.1. The van der Waals surface area contributed by atoms with Crippen molar-refractivity contribution in [3.8, 4) is 0 Å². The average molecular weight is 116 g/mol. The van der Waals surface area contributed by atoms with Gasteiger partial charge >= 0.3 is 0 Å². The number of rotatable bonds is 0. The van der Waals surface area contributed by atoms with Crippen LogP contribution in [0.3, 0.4) is 0 Å². The number of hydrogen-bond acceptors (Lipinski definition) is 1. The minimum atomic E-state index is -0.297. The number of aliphatic hydroxyl groups excluding tert-OH is 1. The van der Waals surface area contributed by atoms with Gasteiger partial charge in [0.05, 0.1) is 11.9 Å². The van der Waals surface area contributed by atoms with Crippen LogP contribution in [-0.4, -0.2) is 11.2 Å². The smallest absolute Gasteiger partial charge is 0.0961 e. The maximum Gasteiger partial charge on any atom is 0.0961 e. The van der Waals surface area contributed by atoms with Gasteiger partial charge in [0.25, 0.3) is 0 Å². The lowest BCUT2D eigenvalue weighted by atomic mass is 10.0. The predicted molar refractivity (Wildman–Crippen MR) is 29.0 cm³/mol. The molecule has 0 bridgehead atoms. The van der Waals surface area contributed by atoms with E-state index < -0.39 is 0 Å². The molecule has 0 aliphatic heterocycles. The summed E-state index contributed by atoms with van der Waals surface area (Å²) in [4.78, 5) is 0. The van der Waals surface area contributed by atoms with Gasteiger partial charge in [-0.1, -0.05) is 6.08 Å². The summed E-state index contributed by atoms with van der Waals surface area (Å²) in [6.07, 6.45) is 2.65. The molecule has 0 radical (unpaired) electrons. The highest BCUT2D eigenvalue weighted by atomic mass is 19.1. The van der Waals surface area contributed by atoms with E-state index in [2.05, 4.69) is 0 Å². The Kier molecular flexibility index (Phi) is 1.63. The topological polar surface area (TPSA) is 20.2 Å². The van der Waals surface area contributed by atoms with Gasteiger partial charge in [0.2, 0.25) is 0 Å². The largest absolute Gasteiger partial charge is 0.393 e. The van der Waals surface area contributed by atoms with E-state index in [-0.39, 0.29) is 11.9 Å². The first-order valence-electron chi connectivity index (χ1n) is 2.81. The maximum atomic E-state index is 12.1. The fourth-order valence-electron chi connectivity index (χ4n) is 0.788. The number of hydrogen-bond donors (Lipinski definition) is 1. The SMILES string of the molecule is O[C@@H]1CC=C(F)CC1. The summed E-state index contributed by atoms with van der Waals surface area (Å²) in [7, 11) is 0. The molecule has 8 heavy (non-hydrogen) atoms. The second-order valence-corrected chi connectivity index (χ2v) is 2.08. The average Bonchev–Trinajstić information content (AvgIpc) is 1.77. The Labute approximate surface area is 47.8 Å². The van der Waals surface area contributed by atoms with E-state index in [4.69, 9.17) is 5.11 Å². The number of allylic oxidation sites excluding steroid dienone is 1. The second kappa shape index (κ2) is 2.27. The first-order chi connectivity index (χ1) is 3.79. The van der Waals surface area contributed by atoms with E-state index >= 15 is 0 Å². The van der Waals surface area contributed by atoms with Gasteiger partial charge in [-0.25, -0.2) is 4.39 Å². The molecule has 1 nitrogen and oxygen atoms in total. The lowest BCUT2D eigenvalue weighted by molar-refractivity contribution is 0.158. The minimum absolute atomic E-state index is 0.0738. The fourth-order valence-corrected chi connectivity index (χ4v) is 0.788. The molecule has 0 aromatic carbocycles. The molecule has 0 amide bonds. The highest BCUT2D eigenvalue weighted by Crippen LogP contribution is 2.17. The van der Waals surface area contributed by atoms with E-state index in [1.54, 1.807) is 0 Å². The quantitative estimate of drug-likeness (QED) is 0.507. The first-order valence-corrected chi connectivity index (χ1v) is 2.81. The van der Waals surface area contributed by atoms with Crippen molar-refractivity contribution in [3.05, 3.63) is 11.9 Å². The molecule has 2 heteroatoms. The van der Waals surface area contributed by atoms with Crippen LogP contribution in [0.25, 0.3) is 0 Å². The van der Waals surface area contributed by atoms with Gasteiger partial charge in [-0.2, -0.15) is 0 Å². The lowest BCUT2D eigenvalue weighted by Crippen LogP contribution is -2.08. The normalized spacial score (nSPS) is 29.8. The number of aliphatic hydroxyl groups is 1. The van der Waals surface area contributed by atoms with Crippen molar-refractivity contribution in [2.45, 2.75) is 25.4 Å². The summed E-state index contributed by atoms with van der Waals surface area (Å²) in [6, 6.07) is 0. The summed E-state index contributed by atoms with van der Waals surface area (Å²) >= 11 is 0. The third-order valence-electron chi connectivity index (χ3n) is 1.33. The molecule has 1 aliphatic rings. The van der Waals surface area contributed by atoms with Crippen LogP contribution in [0.4, 0.5) is 4.39 Å².